The predicted molar refractivity (Wildman–Crippen MR) is 73.6 cm³/mol. The molecule has 100 valence electrons. The molecule has 0 fully saturated rings. The number of benzene rings is 1. The lowest BCUT2D eigenvalue weighted by atomic mass is 9.86. The Balaban J connectivity index is 3.05. The third-order valence-electron chi connectivity index (χ3n) is 3.03. The first-order chi connectivity index (χ1) is 8.27. The summed E-state index contributed by atoms with van der Waals surface area (Å²) in [6, 6.07) is 7.82. The van der Waals surface area contributed by atoms with Gasteiger partial charge in [-0.25, -0.2) is 4.79 Å². The van der Waals surface area contributed by atoms with Crippen LogP contribution in [0, 0.1) is 0 Å². The third kappa shape index (κ3) is 3.33. The number of carbonyl (C=O) groups is 1. The van der Waals surface area contributed by atoms with Crippen molar-refractivity contribution in [2.75, 3.05) is 21.2 Å². The summed E-state index contributed by atoms with van der Waals surface area (Å²) >= 11 is 0. The smallest absolute Gasteiger partial charge is 0.327 e. The molecular formula is C15H23NO2. The monoisotopic (exact) mass is 249 g/mol. The van der Waals surface area contributed by atoms with Crippen LogP contribution in [-0.4, -0.2) is 32.1 Å². The number of hydrogen-bond donors (Lipinski definition) is 0. The first-order valence-corrected chi connectivity index (χ1v) is 6.12. The molecule has 1 rings (SSSR count). The average Bonchev–Trinajstić information content (AvgIpc) is 2.28. The SMILES string of the molecule is COC(=O)C(c1ccc(C(C)(C)C)cc1)N(C)C. The molecule has 1 atom stereocenters. The van der Waals surface area contributed by atoms with Gasteiger partial charge in [-0.3, -0.25) is 4.90 Å². The fourth-order valence-corrected chi connectivity index (χ4v) is 1.92. The highest BCUT2D eigenvalue weighted by atomic mass is 16.5. The van der Waals surface area contributed by atoms with Crippen molar-refractivity contribution >= 4 is 5.97 Å². The zero-order valence-electron chi connectivity index (χ0n) is 12.2. The molecule has 0 aliphatic rings. The summed E-state index contributed by atoms with van der Waals surface area (Å²) in [7, 11) is 5.17. The van der Waals surface area contributed by atoms with Crippen LogP contribution in [0.3, 0.4) is 0 Å². The van der Waals surface area contributed by atoms with Crippen molar-refractivity contribution in [1.82, 2.24) is 4.90 Å². The minimum atomic E-state index is -0.344. The van der Waals surface area contributed by atoms with Crippen molar-refractivity contribution in [3.63, 3.8) is 0 Å². The summed E-state index contributed by atoms with van der Waals surface area (Å²) in [5.74, 6) is -0.233. The lowest BCUT2D eigenvalue weighted by molar-refractivity contribution is -0.146. The van der Waals surface area contributed by atoms with Gasteiger partial charge < -0.3 is 4.74 Å². The highest BCUT2D eigenvalue weighted by molar-refractivity contribution is 5.77. The number of hydrogen-bond acceptors (Lipinski definition) is 3. The van der Waals surface area contributed by atoms with Crippen molar-refractivity contribution < 1.29 is 9.53 Å². The van der Waals surface area contributed by atoms with Crippen LogP contribution >= 0.6 is 0 Å². The van der Waals surface area contributed by atoms with E-state index in [9.17, 15) is 4.79 Å². The van der Waals surface area contributed by atoms with Gasteiger partial charge in [-0.2, -0.15) is 0 Å². The van der Waals surface area contributed by atoms with Gasteiger partial charge in [0.1, 0.15) is 6.04 Å². The fourth-order valence-electron chi connectivity index (χ4n) is 1.92. The van der Waals surface area contributed by atoms with Crippen LogP contribution in [0.25, 0.3) is 0 Å². The molecule has 1 aromatic rings. The Morgan fingerprint density at radius 2 is 1.67 bits per heavy atom. The second-order valence-corrected chi connectivity index (χ2v) is 5.76. The molecule has 0 aliphatic carbocycles. The van der Waals surface area contributed by atoms with Crippen molar-refractivity contribution in [3.05, 3.63) is 35.4 Å². The minimum absolute atomic E-state index is 0.122. The molecule has 0 radical (unpaired) electrons. The van der Waals surface area contributed by atoms with Gasteiger partial charge in [0, 0.05) is 0 Å². The summed E-state index contributed by atoms with van der Waals surface area (Å²) in [6.07, 6.45) is 0. The standard InChI is InChI=1S/C15H23NO2/c1-15(2,3)12-9-7-11(8-10-12)13(16(4)5)14(17)18-6/h7-10,13H,1-6H3. The van der Waals surface area contributed by atoms with Crippen LogP contribution in [0.2, 0.25) is 0 Å². The molecule has 0 N–H and O–H groups in total. The molecule has 0 heterocycles. The van der Waals surface area contributed by atoms with Crippen LogP contribution in [0.4, 0.5) is 0 Å². The Morgan fingerprint density at radius 1 is 1.17 bits per heavy atom. The molecule has 0 saturated heterocycles. The van der Waals surface area contributed by atoms with Gasteiger partial charge in [0.05, 0.1) is 7.11 Å². The molecule has 0 amide bonds. The van der Waals surface area contributed by atoms with Crippen LogP contribution in [-0.2, 0) is 14.9 Å². The highest BCUT2D eigenvalue weighted by Crippen LogP contribution is 2.25. The molecule has 3 heteroatoms. The van der Waals surface area contributed by atoms with E-state index in [-0.39, 0.29) is 17.4 Å². The maximum atomic E-state index is 11.8. The zero-order chi connectivity index (χ0) is 13.9. The quantitative estimate of drug-likeness (QED) is 0.771. The van der Waals surface area contributed by atoms with E-state index < -0.39 is 0 Å². The average molecular weight is 249 g/mol. The second kappa shape index (κ2) is 5.53. The molecule has 0 saturated carbocycles. The number of rotatable bonds is 3. The Labute approximate surface area is 110 Å². The van der Waals surface area contributed by atoms with E-state index in [1.165, 1.54) is 12.7 Å². The van der Waals surface area contributed by atoms with Crippen molar-refractivity contribution in [2.45, 2.75) is 32.2 Å². The fraction of sp³-hybridized carbons (Fsp3) is 0.533. The van der Waals surface area contributed by atoms with Crippen LogP contribution in [0.5, 0.6) is 0 Å². The van der Waals surface area contributed by atoms with Gasteiger partial charge in [0.15, 0.2) is 0 Å². The van der Waals surface area contributed by atoms with E-state index in [4.69, 9.17) is 4.74 Å². The Morgan fingerprint density at radius 3 is 2.00 bits per heavy atom. The maximum absolute atomic E-state index is 11.8. The van der Waals surface area contributed by atoms with E-state index >= 15 is 0 Å². The molecular weight excluding hydrogens is 226 g/mol. The van der Waals surface area contributed by atoms with Gasteiger partial charge >= 0.3 is 5.97 Å². The molecule has 18 heavy (non-hydrogen) atoms. The van der Waals surface area contributed by atoms with Crippen molar-refractivity contribution in [3.8, 4) is 0 Å². The minimum Gasteiger partial charge on any atom is -0.468 e. The van der Waals surface area contributed by atoms with E-state index in [1.807, 2.05) is 31.1 Å². The first kappa shape index (κ1) is 14.7. The van der Waals surface area contributed by atoms with E-state index in [2.05, 4.69) is 32.9 Å². The summed E-state index contributed by atoms with van der Waals surface area (Å²) in [6.45, 7) is 6.52. The normalized spacial score (nSPS) is 13.5. The lowest BCUT2D eigenvalue weighted by Gasteiger charge is -2.24. The van der Waals surface area contributed by atoms with Gasteiger partial charge in [-0.05, 0) is 30.6 Å². The topological polar surface area (TPSA) is 29.5 Å². The van der Waals surface area contributed by atoms with E-state index in [1.54, 1.807) is 0 Å². The number of ether oxygens (including phenoxy) is 1. The predicted octanol–water partition coefficient (Wildman–Crippen LogP) is 2.76. The summed E-state index contributed by atoms with van der Waals surface area (Å²) < 4.78 is 4.84. The van der Waals surface area contributed by atoms with E-state index in [0.29, 0.717) is 0 Å². The molecule has 0 aliphatic heterocycles. The zero-order valence-corrected chi connectivity index (χ0v) is 12.2. The number of methoxy groups -OCH3 is 1. The number of esters is 1. The summed E-state index contributed by atoms with van der Waals surface area (Å²) in [5.41, 5.74) is 2.34. The summed E-state index contributed by atoms with van der Waals surface area (Å²) in [5, 5.41) is 0. The Hall–Kier alpha value is -1.35. The first-order valence-electron chi connectivity index (χ1n) is 6.12. The van der Waals surface area contributed by atoms with Gasteiger partial charge in [-0.15, -0.1) is 0 Å². The molecule has 0 bridgehead atoms. The number of nitrogens with zero attached hydrogens (tertiary/aromatic N) is 1. The number of likely N-dealkylation sites (N-methyl/N-ethyl adjacent to an activating group) is 1. The van der Waals surface area contributed by atoms with Gasteiger partial charge in [0.25, 0.3) is 0 Å². The van der Waals surface area contributed by atoms with Gasteiger partial charge in [0.2, 0.25) is 0 Å². The van der Waals surface area contributed by atoms with Gasteiger partial charge in [-0.1, -0.05) is 45.0 Å². The molecule has 1 aromatic carbocycles. The van der Waals surface area contributed by atoms with E-state index in [0.717, 1.165) is 5.56 Å². The molecule has 0 aromatic heterocycles. The Bertz CT molecular complexity index is 401. The van der Waals surface area contributed by atoms with Crippen LogP contribution in [0.15, 0.2) is 24.3 Å². The van der Waals surface area contributed by atoms with Crippen LogP contribution < -0.4 is 0 Å². The molecule has 0 spiro atoms. The van der Waals surface area contributed by atoms with Crippen LogP contribution in [0.1, 0.15) is 37.9 Å². The molecule has 1 unspecified atom stereocenters. The number of carbonyl (C=O) groups excluding carboxylic acids is 1. The molecule has 3 nitrogen and oxygen atoms in total. The maximum Gasteiger partial charge on any atom is 0.327 e. The summed E-state index contributed by atoms with van der Waals surface area (Å²) in [4.78, 5) is 13.6. The second-order valence-electron chi connectivity index (χ2n) is 5.76. The highest BCUT2D eigenvalue weighted by Gasteiger charge is 2.24. The third-order valence-corrected chi connectivity index (χ3v) is 3.03. The lowest BCUT2D eigenvalue weighted by Crippen LogP contribution is -2.28. The largest absolute Gasteiger partial charge is 0.468 e. The van der Waals surface area contributed by atoms with Crippen molar-refractivity contribution in [1.29, 1.82) is 0 Å². The van der Waals surface area contributed by atoms with Crippen molar-refractivity contribution in [2.24, 2.45) is 0 Å². The Kier molecular flexibility index (Phi) is 4.52.